The molecule has 1 fully saturated rings. The molecule has 7 N–H and O–H groups in total. The van der Waals surface area contributed by atoms with Crippen LogP contribution in [0.1, 0.15) is 200 Å². The Bertz CT molecular complexity index is 1020. The van der Waals surface area contributed by atoms with Gasteiger partial charge in [-0.25, -0.2) is 0 Å². The van der Waals surface area contributed by atoms with Gasteiger partial charge in [-0.3, -0.25) is 4.79 Å². The molecular formula is C48H89NO9. The first-order chi connectivity index (χ1) is 28.3. The number of nitrogens with one attached hydrogen (secondary N) is 1. The first-order valence-corrected chi connectivity index (χ1v) is 23.8. The molecule has 1 rings (SSSR count). The highest BCUT2D eigenvalue weighted by molar-refractivity contribution is 5.80. The molecule has 10 heteroatoms. The fourth-order valence-electron chi connectivity index (χ4n) is 7.35. The number of aliphatic hydroxyl groups excluding tert-OH is 6. The van der Waals surface area contributed by atoms with Crippen LogP contribution in [0.2, 0.25) is 0 Å². The second-order valence-electron chi connectivity index (χ2n) is 16.7. The van der Waals surface area contributed by atoms with Crippen LogP contribution >= 0.6 is 0 Å². The van der Waals surface area contributed by atoms with Crippen molar-refractivity contribution in [2.75, 3.05) is 13.2 Å². The second kappa shape index (κ2) is 38.3. The highest BCUT2D eigenvalue weighted by Crippen LogP contribution is 2.22. The topological polar surface area (TPSA) is 169 Å². The molecule has 10 nitrogen and oxygen atoms in total. The lowest BCUT2D eigenvalue weighted by atomic mass is 9.99. The zero-order chi connectivity index (χ0) is 42.5. The van der Waals surface area contributed by atoms with Crippen molar-refractivity contribution in [1.29, 1.82) is 0 Å². The number of rotatable bonds is 39. The summed E-state index contributed by atoms with van der Waals surface area (Å²) in [7, 11) is 0. The lowest BCUT2D eigenvalue weighted by Crippen LogP contribution is -2.60. The third kappa shape index (κ3) is 28.0. The molecule has 1 heterocycles. The summed E-state index contributed by atoms with van der Waals surface area (Å²) in [4.78, 5) is 13.0. The summed E-state index contributed by atoms with van der Waals surface area (Å²) >= 11 is 0. The third-order valence-corrected chi connectivity index (χ3v) is 11.3. The van der Waals surface area contributed by atoms with Crippen molar-refractivity contribution in [2.24, 2.45) is 0 Å². The van der Waals surface area contributed by atoms with Crippen molar-refractivity contribution in [1.82, 2.24) is 5.32 Å². The molecule has 0 aromatic rings. The summed E-state index contributed by atoms with van der Waals surface area (Å²) in [5.74, 6) is -0.632. The van der Waals surface area contributed by atoms with Crippen LogP contribution in [0.15, 0.2) is 36.5 Å². The summed E-state index contributed by atoms with van der Waals surface area (Å²) in [5, 5.41) is 64.6. The van der Waals surface area contributed by atoms with Gasteiger partial charge in [0.2, 0.25) is 5.91 Å². The summed E-state index contributed by atoms with van der Waals surface area (Å²) < 4.78 is 11.1. The molecule has 1 aliphatic rings. The highest BCUT2D eigenvalue weighted by atomic mass is 16.7. The molecule has 8 atom stereocenters. The summed E-state index contributed by atoms with van der Waals surface area (Å²) in [5.41, 5.74) is 0. The van der Waals surface area contributed by atoms with E-state index < -0.39 is 61.5 Å². The maximum atomic E-state index is 13.0. The van der Waals surface area contributed by atoms with Crippen LogP contribution in [0.25, 0.3) is 0 Å². The number of carbonyl (C=O) groups is 1. The number of unbranched alkanes of at least 4 members (excludes halogenated alkanes) is 24. The first kappa shape index (κ1) is 54.4. The molecule has 0 aromatic carbocycles. The normalized spacial score (nSPS) is 21.7. The van der Waals surface area contributed by atoms with Gasteiger partial charge in [0, 0.05) is 0 Å². The Kier molecular flexibility index (Phi) is 35.9. The van der Waals surface area contributed by atoms with Crippen molar-refractivity contribution < 1.29 is 44.9 Å². The van der Waals surface area contributed by atoms with Gasteiger partial charge < -0.3 is 45.4 Å². The van der Waals surface area contributed by atoms with Crippen molar-refractivity contribution >= 4 is 5.91 Å². The van der Waals surface area contributed by atoms with E-state index in [1.54, 1.807) is 6.08 Å². The summed E-state index contributed by atoms with van der Waals surface area (Å²) in [6, 6.07) is -0.998. The molecule has 1 amide bonds. The molecular weight excluding hydrogens is 735 g/mol. The minimum Gasteiger partial charge on any atom is -0.394 e. The van der Waals surface area contributed by atoms with Crippen LogP contribution in [0.4, 0.5) is 0 Å². The molecule has 1 aliphatic heterocycles. The number of allylic oxidation sites excluding steroid dienone is 5. The fourth-order valence-corrected chi connectivity index (χ4v) is 7.35. The van der Waals surface area contributed by atoms with Crippen LogP contribution in [0, 0.1) is 0 Å². The molecule has 1 saturated heterocycles. The van der Waals surface area contributed by atoms with Crippen LogP contribution < -0.4 is 5.32 Å². The third-order valence-electron chi connectivity index (χ3n) is 11.3. The number of amides is 1. The summed E-state index contributed by atoms with van der Waals surface area (Å²) in [6.45, 7) is 3.58. The lowest BCUT2D eigenvalue weighted by Gasteiger charge is -2.40. The molecule has 0 aliphatic carbocycles. The average molecular weight is 824 g/mol. The van der Waals surface area contributed by atoms with E-state index in [1.807, 2.05) is 6.08 Å². The second-order valence-corrected chi connectivity index (χ2v) is 16.7. The maximum Gasteiger partial charge on any atom is 0.249 e. The van der Waals surface area contributed by atoms with E-state index in [9.17, 15) is 35.4 Å². The van der Waals surface area contributed by atoms with E-state index in [0.717, 1.165) is 38.5 Å². The quantitative estimate of drug-likeness (QED) is 0.0236. The monoisotopic (exact) mass is 824 g/mol. The average Bonchev–Trinajstić information content (AvgIpc) is 3.22. The number of hydrogen-bond donors (Lipinski definition) is 7. The van der Waals surface area contributed by atoms with E-state index in [2.05, 4.69) is 43.5 Å². The zero-order valence-corrected chi connectivity index (χ0v) is 36.9. The van der Waals surface area contributed by atoms with Gasteiger partial charge in [-0.2, -0.15) is 0 Å². The predicted molar refractivity (Wildman–Crippen MR) is 236 cm³/mol. The Morgan fingerprint density at radius 2 is 1.02 bits per heavy atom. The molecule has 8 unspecified atom stereocenters. The molecule has 0 radical (unpaired) electrons. The Balaban J connectivity index is 2.41. The molecule has 340 valence electrons. The molecule has 0 spiro atoms. The number of carbonyl (C=O) groups excluding carboxylic acids is 1. The van der Waals surface area contributed by atoms with Crippen LogP contribution in [-0.4, -0.2) is 98.7 Å². The number of aliphatic hydroxyl groups is 6. The Hall–Kier alpha value is -1.63. The van der Waals surface area contributed by atoms with Gasteiger partial charge in [-0.05, 0) is 57.8 Å². The van der Waals surface area contributed by atoms with Crippen molar-refractivity contribution in [3.05, 3.63) is 36.5 Å². The van der Waals surface area contributed by atoms with Gasteiger partial charge in [-0.15, -0.1) is 0 Å². The Labute approximate surface area is 354 Å². The minimum atomic E-state index is -1.62. The van der Waals surface area contributed by atoms with Gasteiger partial charge in [0.15, 0.2) is 6.29 Å². The lowest BCUT2D eigenvalue weighted by molar-refractivity contribution is -0.302. The van der Waals surface area contributed by atoms with E-state index in [0.29, 0.717) is 19.3 Å². The predicted octanol–water partition coefficient (Wildman–Crippen LogP) is 9.03. The van der Waals surface area contributed by atoms with E-state index in [4.69, 9.17) is 9.47 Å². The van der Waals surface area contributed by atoms with Gasteiger partial charge in [0.1, 0.15) is 30.5 Å². The Morgan fingerprint density at radius 1 is 0.586 bits per heavy atom. The molecule has 58 heavy (non-hydrogen) atoms. The minimum absolute atomic E-state index is 0.297. The fraction of sp³-hybridized carbons (Fsp3) is 0.854. The van der Waals surface area contributed by atoms with E-state index in [1.165, 1.54) is 128 Å². The smallest absolute Gasteiger partial charge is 0.249 e. The van der Waals surface area contributed by atoms with E-state index >= 15 is 0 Å². The van der Waals surface area contributed by atoms with Crippen LogP contribution in [-0.2, 0) is 14.3 Å². The van der Waals surface area contributed by atoms with Crippen LogP contribution in [0.5, 0.6) is 0 Å². The highest BCUT2D eigenvalue weighted by Gasteiger charge is 2.44. The molecule has 0 saturated carbocycles. The van der Waals surface area contributed by atoms with Crippen molar-refractivity contribution in [2.45, 2.75) is 249 Å². The Morgan fingerprint density at radius 3 is 1.50 bits per heavy atom. The number of hydrogen-bond acceptors (Lipinski definition) is 9. The molecule has 0 bridgehead atoms. The van der Waals surface area contributed by atoms with Crippen molar-refractivity contribution in [3.63, 3.8) is 0 Å². The summed E-state index contributed by atoms with van der Waals surface area (Å²) in [6.07, 6.45) is 36.6. The van der Waals surface area contributed by atoms with Gasteiger partial charge in [0.05, 0.1) is 25.4 Å². The molecule has 0 aromatic heterocycles. The maximum absolute atomic E-state index is 13.0. The number of ether oxygens (including phenoxy) is 2. The zero-order valence-electron chi connectivity index (χ0n) is 36.9. The van der Waals surface area contributed by atoms with Gasteiger partial charge in [-0.1, -0.05) is 179 Å². The first-order valence-electron chi connectivity index (χ1n) is 23.8. The van der Waals surface area contributed by atoms with E-state index in [-0.39, 0.29) is 6.61 Å². The SMILES string of the molecule is CCCCCCCCCC/C=C/CC/C=C/C(O)C(COC1OC(CO)C(O)C(O)C1O)NC(=O)C(O)CCCCCCCC/C=C\CCCCCCCCCCC. The van der Waals surface area contributed by atoms with Crippen molar-refractivity contribution in [3.8, 4) is 0 Å². The standard InChI is InChI=1S/C48H89NO9/c1-3-5-7-9-11-13-15-17-19-20-21-22-23-25-27-29-31-33-35-37-42(52)47(56)49-40(39-57-48-46(55)45(54)44(53)43(38-50)58-48)41(51)36-34-32-30-28-26-24-18-16-14-12-10-8-6-4-2/h21-22,26,28,34,36,40-46,48,50-55H,3-20,23-25,27,29-33,35,37-39H2,1-2H3,(H,49,56)/b22-21-,28-26+,36-34+. The van der Waals surface area contributed by atoms with Crippen LogP contribution in [0.3, 0.4) is 0 Å². The van der Waals surface area contributed by atoms with Gasteiger partial charge >= 0.3 is 0 Å². The van der Waals surface area contributed by atoms with Gasteiger partial charge in [0.25, 0.3) is 0 Å². The largest absolute Gasteiger partial charge is 0.394 e.